The van der Waals surface area contributed by atoms with E-state index in [2.05, 4.69) is 10.2 Å². The Hall–Kier alpha value is -2.17. The second kappa shape index (κ2) is 8.47. The van der Waals surface area contributed by atoms with E-state index in [1.807, 2.05) is 6.92 Å². The van der Waals surface area contributed by atoms with Crippen molar-refractivity contribution in [2.45, 2.75) is 51.6 Å². The molecule has 26 heavy (non-hydrogen) atoms. The summed E-state index contributed by atoms with van der Waals surface area (Å²) in [5.41, 5.74) is 2.04. The Morgan fingerprint density at radius 3 is 2.35 bits per heavy atom. The Morgan fingerprint density at radius 2 is 1.77 bits per heavy atom. The average Bonchev–Trinajstić information content (AvgIpc) is 2.69. The summed E-state index contributed by atoms with van der Waals surface area (Å²) in [5.74, 6) is 0.128. The minimum Gasteiger partial charge on any atom is -0.299 e. The van der Waals surface area contributed by atoms with Crippen molar-refractivity contribution in [1.29, 1.82) is 0 Å². The Kier molecular flexibility index (Phi) is 6.07. The Balaban J connectivity index is 1.56. The van der Waals surface area contributed by atoms with Gasteiger partial charge in [0.15, 0.2) is 0 Å². The molecule has 0 spiro atoms. The van der Waals surface area contributed by atoms with Crippen molar-refractivity contribution < 1.29 is 13.6 Å². The van der Waals surface area contributed by atoms with E-state index in [-0.39, 0.29) is 24.1 Å². The van der Waals surface area contributed by atoms with Gasteiger partial charge in [-0.15, -0.1) is 0 Å². The van der Waals surface area contributed by atoms with Crippen molar-refractivity contribution in [2.75, 3.05) is 0 Å². The van der Waals surface area contributed by atoms with Gasteiger partial charge in [-0.2, -0.15) is 10.2 Å². The number of aromatic nitrogens is 2. The normalized spacial score (nSPS) is 21.3. The topological polar surface area (TPSA) is 42.9 Å². The van der Waals surface area contributed by atoms with E-state index < -0.39 is 6.17 Å². The molecule has 0 radical (unpaired) electrons. The smallest absolute Gasteiger partial charge is 0.135 e. The third-order valence-corrected chi connectivity index (χ3v) is 5.35. The van der Waals surface area contributed by atoms with Crippen molar-refractivity contribution in [2.24, 2.45) is 11.8 Å². The van der Waals surface area contributed by atoms with Crippen LogP contribution in [0.5, 0.6) is 0 Å². The number of benzene rings is 1. The van der Waals surface area contributed by atoms with Crippen LogP contribution in [0.15, 0.2) is 36.4 Å². The molecule has 1 saturated carbocycles. The maximum atomic E-state index is 14.7. The zero-order valence-corrected chi connectivity index (χ0v) is 15.0. The fraction of sp³-hybridized carbons (Fsp3) is 0.476. The van der Waals surface area contributed by atoms with Crippen molar-refractivity contribution in [3.05, 3.63) is 47.9 Å². The molecule has 1 aliphatic carbocycles. The molecule has 0 N–H and O–H groups in total. The summed E-state index contributed by atoms with van der Waals surface area (Å²) in [4.78, 5) is 11.8. The Labute approximate surface area is 152 Å². The summed E-state index contributed by atoms with van der Waals surface area (Å²) in [5, 5.41) is 8.27. The minimum absolute atomic E-state index is 0.00511. The highest BCUT2D eigenvalue weighted by Gasteiger charge is 2.30. The van der Waals surface area contributed by atoms with Gasteiger partial charge in [0, 0.05) is 24.3 Å². The van der Waals surface area contributed by atoms with Gasteiger partial charge in [0.25, 0.3) is 0 Å². The molecular weight excluding hydrogens is 334 g/mol. The van der Waals surface area contributed by atoms with Crippen molar-refractivity contribution in [3.8, 4) is 11.3 Å². The van der Waals surface area contributed by atoms with Crippen LogP contribution in [-0.4, -0.2) is 22.2 Å². The van der Waals surface area contributed by atoms with Crippen molar-refractivity contribution >= 4 is 5.78 Å². The van der Waals surface area contributed by atoms with Crippen molar-refractivity contribution in [1.82, 2.24) is 10.2 Å². The van der Waals surface area contributed by atoms with Crippen LogP contribution in [0.4, 0.5) is 8.78 Å². The van der Waals surface area contributed by atoms with Gasteiger partial charge >= 0.3 is 0 Å². The van der Waals surface area contributed by atoms with E-state index >= 15 is 0 Å². The number of rotatable bonds is 6. The van der Waals surface area contributed by atoms with E-state index in [9.17, 15) is 13.6 Å². The summed E-state index contributed by atoms with van der Waals surface area (Å²) < 4.78 is 27.6. The lowest BCUT2D eigenvalue weighted by atomic mass is 9.77. The van der Waals surface area contributed by atoms with Gasteiger partial charge < -0.3 is 0 Å². The molecule has 0 saturated heterocycles. The van der Waals surface area contributed by atoms with Gasteiger partial charge in [0.1, 0.15) is 17.8 Å². The molecular formula is C21H24F2N2O. The molecule has 0 bridgehead atoms. The molecule has 138 valence electrons. The number of carbonyl (C=O) groups excluding carboxylic acids is 1. The molecule has 1 aromatic heterocycles. The zero-order chi connectivity index (χ0) is 18.5. The molecule has 1 unspecified atom stereocenters. The van der Waals surface area contributed by atoms with Gasteiger partial charge in [-0.3, -0.25) is 4.79 Å². The highest BCUT2D eigenvalue weighted by molar-refractivity contribution is 5.80. The second-order valence-corrected chi connectivity index (χ2v) is 7.07. The quantitative estimate of drug-likeness (QED) is 0.734. The third kappa shape index (κ3) is 4.51. The molecule has 1 heterocycles. The van der Waals surface area contributed by atoms with Crippen LogP contribution < -0.4 is 0 Å². The molecule has 1 atom stereocenters. The summed E-state index contributed by atoms with van der Waals surface area (Å²) in [6, 6.07) is 9.62. The number of halogens is 2. The zero-order valence-electron chi connectivity index (χ0n) is 15.0. The highest BCUT2D eigenvalue weighted by Crippen LogP contribution is 2.34. The predicted octanol–water partition coefficient (Wildman–Crippen LogP) is 4.95. The number of Topliss-reactive ketones (excluding diaryl/α,β-unsaturated/α-hetero) is 1. The number of alkyl halides is 1. The lowest BCUT2D eigenvalue weighted by Crippen LogP contribution is -2.27. The van der Waals surface area contributed by atoms with E-state index in [4.69, 9.17) is 0 Å². The number of nitrogens with zero attached hydrogens (tertiary/aromatic N) is 2. The van der Waals surface area contributed by atoms with Crippen LogP contribution in [0.2, 0.25) is 0 Å². The molecule has 3 rings (SSSR count). The molecule has 0 amide bonds. The predicted molar refractivity (Wildman–Crippen MR) is 96.8 cm³/mol. The second-order valence-electron chi connectivity index (χ2n) is 7.07. The number of carbonyl (C=O) groups is 1. The monoisotopic (exact) mass is 358 g/mol. The first-order valence-electron chi connectivity index (χ1n) is 9.32. The van der Waals surface area contributed by atoms with E-state index in [1.54, 1.807) is 24.3 Å². The molecule has 1 aliphatic rings. The maximum absolute atomic E-state index is 14.7. The highest BCUT2D eigenvalue weighted by atomic mass is 19.1. The summed E-state index contributed by atoms with van der Waals surface area (Å²) in [7, 11) is 0. The molecule has 0 aliphatic heterocycles. The average molecular weight is 358 g/mol. The molecule has 3 nitrogen and oxygen atoms in total. The number of hydrogen-bond donors (Lipinski definition) is 0. The fourth-order valence-corrected chi connectivity index (χ4v) is 3.70. The van der Waals surface area contributed by atoms with Gasteiger partial charge in [0.05, 0.1) is 11.4 Å². The van der Waals surface area contributed by atoms with E-state index in [0.717, 1.165) is 31.2 Å². The van der Waals surface area contributed by atoms with Crippen LogP contribution in [0.3, 0.4) is 0 Å². The van der Waals surface area contributed by atoms with Crippen LogP contribution in [0, 0.1) is 17.7 Å². The van der Waals surface area contributed by atoms with E-state index in [1.165, 1.54) is 12.1 Å². The van der Waals surface area contributed by atoms with Gasteiger partial charge in [-0.1, -0.05) is 6.92 Å². The molecule has 1 aromatic carbocycles. The van der Waals surface area contributed by atoms with Crippen LogP contribution in [0.1, 0.15) is 44.7 Å². The maximum Gasteiger partial charge on any atom is 0.135 e. The first kappa shape index (κ1) is 18.6. The first-order chi connectivity index (χ1) is 12.6. The lowest BCUT2D eigenvalue weighted by Gasteiger charge is -2.29. The SMILES string of the molecule is CCC(=O)C1CCC(C(F)Cc2ccc(-c3ccc(F)cc3)nn2)CC1. The number of hydrogen-bond acceptors (Lipinski definition) is 3. The molecule has 2 aromatic rings. The van der Waals surface area contributed by atoms with Crippen LogP contribution >= 0.6 is 0 Å². The van der Waals surface area contributed by atoms with Crippen LogP contribution in [0.25, 0.3) is 11.3 Å². The van der Waals surface area contributed by atoms with Crippen LogP contribution in [-0.2, 0) is 11.2 Å². The standard InChI is InChI=1S/C21H24F2N2O/c1-2-21(26)16-5-3-14(4-6-16)19(23)13-18-11-12-20(25-24-18)15-7-9-17(22)10-8-15/h7-12,14,16,19H,2-6,13H2,1H3. The van der Waals surface area contributed by atoms with E-state index in [0.29, 0.717) is 23.6 Å². The Bertz CT molecular complexity index is 723. The largest absolute Gasteiger partial charge is 0.299 e. The number of ketones is 1. The summed E-state index contributed by atoms with van der Waals surface area (Å²) >= 11 is 0. The Morgan fingerprint density at radius 1 is 1.08 bits per heavy atom. The summed E-state index contributed by atoms with van der Waals surface area (Å²) in [6.45, 7) is 1.89. The van der Waals surface area contributed by atoms with Crippen molar-refractivity contribution in [3.63, 3.8) is 0 Å². The summed E-state index contributed by atoms with van der Waals surface area (Å²) in [6.07, 6.45) is 2.98. The fourth-order valence-electron chi connectivity index (χ4n) is 3.70. The van der Waals surface area contributed by atoms with Gasteiger partial charge in [-0.25, -0.2) is 8.78 Å². The van der Waals surface area contributed by atoms with Gasteiger partial charge in [0.2, 0.25) is 0 Å². The minimum atomic E-state index is -0.960. The third-order valence-electron chi connectivity index (χ3n) is 5.35. The molecule has 1 fully saturated rings. The van der Waals surface area contributed by atoms with Gasteiger partial charge in [-0.05, 0) is 68.0 Å². The lowest BCUT2D eigenvalue weighted by molar-refractivity contribution is -0.123. The first-order valence-corrected chi connectivity index (χ1v) is 9.32. The molecule has 5 heteroatoms.